The van der Waals surface area contributed by atoms with Crippen molar-refractivity contribution in [2.75, 3.05) is 0 Å². The van der Waals surface area contributed by atoms with Gasteiger partial charge in [-0.05, 0) is 17.5 Å². The Balaban J connectivity index is 2.49. The van der Waals surface area contributed by atoms with Crippen molar-refractivity contribution >= 4 is 11.9 Å². The topological polar surface area (TPSA) is 66.4 Å². The van der Waals surface area contributed by atoms with Crippen LogP contribution in [-0.2, 0) is 4.79 Å². The number of benzene rings is 1. The summed E-state index contributed by atoms with van der Waals surface area (Å²) < 4.78 is 0. The number of carbonyl (C=O) groups is 2. The van der Waals surface area contributed by atoms with Gasteiger partial charge in [-0.25, -0.2) is 0 Å². The second kappa shape index (κ2) is 5.43. The molecule has 0 saturated carbocycles. The van der Waals surface area contributed by atoms with Gasteiger partial charge >= 0.3 is 5.97 Å². The monoisotopic (exact) mass is 261 g/mol. The van der Waals surface area contributed by atoms with Crippen LogP contribution in [0.4, 0.5) is 0 Å². The lowest BCUT2D eigenvalue weighted by Crippen LogP contribution is -2.50. The zero-order chi connectivity index (χ0) is 14.0. The Labute approximate surface area is 112 Å². The van der Waals surface area contributed by atoms with E-state index in [4.69, 9.17) is 0 Å². The standard InChI is InChI=1S/C15H19NO3/c1-3-9(4-2)13-12(15(18)19)10-7-5-6-8-11(10)14(17)16-13/h5-9,12-13H,3-4H2,1-2H3,(H,16,17)(H,18,19). The van der Waals surface area contributed by atoms with Crippen molar-refractivity contribution in [1.82, 2.24) is 5.32 Å². The van der Waals surface area contributed by atoms with Crippen LogP contribution in [0.1, 0.15) is 48.5 Å². The van der Waals surface area contributed by atoms with E-state index in [0.717, 1.165) is 12.8 Å². The van der Waals surface area contributed by atoms with Gasteiger partial charge in [0.05, 0.1) is 0 Å². The largest absolute Gasteiger partial charge is 0.481 e. The van der Waals surface area contributed by atoms with Crippen molar-refractivity contribution in [3.63, 3.8) is 0 Å². The Morgan fingerprint density at radius 1 is 1.32 bits per heavy atom. The number of carbonyl (C=O) groups excluding carboxylic acids is 1. The molecule has 0 spiro atoms. The minimum atomic E-state index is -0.871. The molecule has 1 aromatic carbocycles. The molecule has 1 aliphatic heterocycles. The van der Waals surface area contributed by atoms with Crippen LogP contribution < -0.4 is 5.32 Å². The van der Waals surface area contributed by atoms with Crippen LogP contribution in [0.15, 0.2) is 24.3 Å². The molecule has 1 aliphatic rings. The number of carboxylic acids is 1. The van der Waals surface area contributed by atoms with Crippen LogP contribution in [0.5, 0.6) is 0 Å². The first-order valence-electron chi connectivity index (χ1n) is 6.72. The number of hydrogen-bond acceptors (Lipinski definition) is 2. The number of hydrogen-bond donors (Lipinski definition) is 2. The van der Waals surface area contributed by atoms with Crippen molar-refractivity contribution < 1.29 is 14.7 Å². The van der Waals surface area contributed by atoms with Crippen molar-refractivity contribution in [3.8, 4) is 0 Å². The lowest BCUT2D eigenvalue weighted by Gasteiger charge is -2.36. The number of amides is 1. The van der Waals surface area contributed by atoms with E-state index < -0.39 is 11.9 Å². The highest BCUT2D eigenvalue weighted by Crippen LogP contribution is 2.33. The van der Waals surface area contributed by atoms with Gasteiger partial charge in [-0.15, -0.1) is 0 Å². The SMILES string of the molecule is CCC(CC)C1NC(=O)c2ccccc2C1C(=O)O. The molecule has 2 atom stereocenters. The maximum Gasteiger partial charge on any atom is 0.313 e. The second-order valence-electron chi connectivity index (χ2n) is 4.98. The van der Waals surface area contributed by atoms with Gasteiger partial charge in [0.15, 0.2) is 0 Å². The number of nitrogens with one attached hydrogen (secondary N) is 1. The number of fused-ring (bicyclic) bond motifs is 1. The van der Waals surface area contributed by atoms with Gasteiger partial charge in [0.2, 0.25) is 0 Å². The van der Waals surface area contributed by atoms with E-state index in [1.807, 2.05) is 13.8 Å². The average molecular weight is 261 g/mol. The highest BCUT2D eigenvalue weighted by molar-refractivity contribution is 6.00. The van der Waals surface area contributed by atoms with Crippen molar-refractivity contribution in [2.24, 2.45) is 5.92 Å². The maximum atomic E-state index is 12.1. The predicted molar refractivity (Wildman–Crippen MR) is 72.1 cm³/mol. The fourth-order valence-electron chi connectivity index (χ4n) is 2.95. The van der Waals surface area contributed by atoms with Crippen LogP contribution >= 0.6 is 0 Å². The Bertz CT molecular complexity index is 494. The number of aliphatic carboxylic acids is 1. The lowest BCUT2D eigenvalue weighted by molar-refractivity contribution is -0.140. The van der Waals surface area contributed by atoms with Crippen molar-refractivity contribution in [1.29, 1.82) is 0 Å². The van der Waals surface area contributed by atoms with Gasteiger partial charge in [0, 0.05) is 11.6 Å². The van der Waals surface area contributed by atoms with E-state index in [1.54, 1.807) is 24.3 Å². The van der Waals surface area contributed by atoms with E-state index in [2.05, 4.69) is 5.32 Å². The summed E-state index contributed by atoms with van der Waals surface area (Å²) in [5.41, 5.74) is 1.12. The normalized spacial score (nSPS) is 21.9. The summed E-state index contributed by atoms with van der Waals surface area (Å²) in [6.07, 6.45) is 1.71. The van der Waals surface area contributed by atoms with Crippen molar-refractivity contribution in [2.45, 2.75) is 38.6 Å². The molecule has 19 heavy (non-hydrogen) atoms. The van der Waals surface area contributed by atoms with Gasteiger partial charge in [0.1, 0.15) is 5.92 Å². The molecule has 1 aromatic rings. The van der Waals surface area contributed by atoms with Gasteiger partial charge < -0.3 is 10.4 Å². The number of carboxylic acid groups (broad SMARTS) is 1. The summed E-state index contributed by atoms with van der Waals surface area (Å²) in [7, 11) is 0. The summed E-state index contributed by atoms with van der Waals surface area (Å²) in [4.78, 5) is 23.7. The Kier molecular flexibility index (Phi) is 3.88. The predicted octanol–water partition coefficient (Wildman–Crippen LogP) is 2.40. The molecule has 0 fully saturated rings. The first-order chi connectivity index (χ1) is 9.10. The fraction of sp³-hybridized carbons (Fsp3) is 0.467. The average Bonchev–Trinajstić information content (AvgIpc) is 2.40. The van der Waals surface area contributed by atoms with Crippen LogP contribution in [0.25, 0.3) is 0 Å². The van der Waals surface area contributed by atoms with Gasteiger partial charge in [0.25, 0.3) is 5.91 Å². The number of rotatable bonds is 4. The first kappa shape index (κ1) is 13.6. The summed E-state index contributed by atoms with van der Waals surface area (Å²) in [6.45, 7) is 4.06. The Morgan fingerprint density at radius 3 is 2.53 bits per heavy atom. The fourth-order valence-corrected chi connectivity index (χ4v) is 2.95. The molecule has 1 heterocycles. The lowest BCUT2D eigenvalue weighted by atomic mass is 9.77. The second-order valence-corrected chi connectivity index (χ2v) is 4.98. The molecule has 2 N–H and O–H groups in total. The molecule has 0 aliphatic carbocycles. The van der Waals surface area contributed by atoms with E-state index in [0.29, 0.717) is 11.1 Å². The molecule has 1 amide bonds. The molecule has 4 nitrogen and oxygen atoms in total. The Hall–Kier alpha value is -1.84. The zero-order valence-corrected chi connectivity index (χ0v) is 11.2. The smallest absolute Gasteiger partial charge is 0.313 e. The molecule has 0 saturated heterocycles. The summed E-state index contributed by atoms with van der Waals surface area (Å²) >= 11 is 0. The van der Waals surface area contributed by atoms with Crippen LogP contribution in [0.3, 0.4) is 0 Å². The Morgan fingerprint density at radius 2 is 1.95 bits per heavy atom. The summed E-state index contributed by atoms with van der Waals surface area (Å²) in [5, 5.41) is 12.4. The molecule has 0 bridgehead atoms. The van der Waals surface area contributed by atoms with Gasteiger partial charge in [-0.1, -0.05) is 44.9 Å². The molecule has 2 unspecified atom stereocenters. The summed E-state index contributed by atoms with van der Waals surface area (Å²) in [5.74, 6) is -1.51. The third kappa shape index (κ3) is 2.35. The quantitative estimate of drug-likeness (QED) is 0.874. The highest BCUT2D eigenvalue weighted by Gasteiger charge is 2.40. The zero-order valence-electron chi connectivity index (χ0n) is 11.2. The first-order valence-corrected chi connectivity index (χ1v) is 6.72. The minimum Gasteiger partial charge on any atom is -0.481 e. The third-order valence-electron chi connectivity index (χ3n) is 4.02. The van der Waals surface area contributed by atoms with E-state index >= 15 is 0 Å². The minimum absolute atomic E-state index is 0.162. The van der Waals surface area contributed by atoms with Crippen molar-refractivity contribution in [3.05, 3.63) is 35.4 Å². The molecule has 102 valence electrons. The van der Waals surface area contributed by atoms with Crippen LogP contribution in [0.2, 0.25) is 0 Å². The van der Waals surface area contributed by atoms with E-state index in [-0.39, 0.29) is 17.9 Å². The van der Waals surface area contributed by atoms with Crippen LogP contribution in [0, 0.1) is 5.92 Å². The highest BCUT2D eigenvalue weighted by atomic mass is 16.4. The molecule has 0 radical (unpaired) electrons. The van der Waals surface area contributed by atoms with E-state index in [9.17, 15) is 14.7 Å². The van der Waals surface area contributed by atoms with Gasteiger partial charge in [-0.3, -0.25) is 9.59 Å². The van der Waals surface area contributed by atoms with E-state index in [1.165, 1.54) is 0 Å². The van der Waals surface area contributed by atoms with Gasteiger partial charge in [-0.2, -0.15) is 0 Å². The molecular weight excluding hydrogens is 242 g/mol. The summed E-state index contributed by atoms with van der Waals surface area (Å²) in [6, 6.07) is 6.66. The molecule has 0 aromatic heterocycles. The third-order valence-corrected chi connectivity index (χ3v) is 4.02. The molecule has 2 rings (SSSR count). The van der Waals surface area contributed by atoms with Crippen LogP contribution in [-0.4, -0.2) is 23.0 Å². The maximum absolute atomic E-state index is 12.1. The molecular formula is C15H19NO3. The molecule has 4 heteroatoms.